The summed E-state index contributed by atoms with van der Waals surface area (Å²) in [4.78, 5) is 31.5. The molecule has 194 valence electrons. The van der Waals surface area contributed by atoms with Crippen molar-refractivity contribution in [2.45, 2.75) is 12.5 Å². The summed E-state index contributed by atoms with van der Waals surface area (Å²) >= 11 is 12.4. The molecule has 0 saturated carbocycles. The van der Waals surface area contributed by atoms with Crippen molar-refractivity contribution in [1.29, 1.82) is 0 Å². The number of hydrogen-bond donors (Lipinski definition) is 2. The lowest BCUT2D eigenvalue weighted by Gasteiger charge is -2.26. The summed E-state index contributed by atoms with van der Waals surface area (Å²) in [6, 6.07) is 16.5. The first-order chi connectivity index (χ1) is 18.3. The molecule has 2 N–H and O–H groups in total. The number of H-pyrrole nitrogens is 1. The van der Waals surface area contributed by atoms with Crippen LogP contribution in [-0.4, -0.2) is 47.4 Å². The van der Waals surface area contributed by atoms with Gasteiger partial charge in [0, 0.05) is 39.8 Å². The van der Waals surface area contributed by atoms with Crippen molar-refractivity contribution in [3.05, 3.63) is 99.2 Å². The van der Waals surface area contributed by atoms with Gasteiger partial charge in [-0.2, -0.15) is 0 Å². The van der Waals surface area contributed by atoms with Crippen LogP contribution in [0.15, 0.2) is 72.4 Å². The van der Waals surface area contributed by atoms with Crippen LogP contribution >= 0.6 is 23.2 Å². The van der Waals surface area contributed by atoms with Crippen molar-refractivity contribution >= 4 is 51.6 Å². The molecule has 1 fully saturated rings. The molecule has 38 heavy (non-hydrogen) atoms. The molecule has 7 nitrogen and oxygen atoms in total. The van der Waals surface area contributed by atoms with Gasteiger partial charge in [0.25, 0.3) is 11.7 Å². The highest BCUT2D eigenvalue weighted by molar-refractivity contribution is 6.47. The summed E-state index contributed by atoms with van der Waals surface area (Å²) < 4.78 is 10.9. The Hall–Kier alpha value is -3.94. The fourth-order valence-corrected chi connectivity index (χ4v) is 5.38. The zero-order valence-corrected chi connectivity index (χ0v) is 22.1. The molecule has 1 aliphatic rings. The number of para-hydroxylation sites is 1. The first-order valence-electron chi connectivity index (χ1n) is 11.8. The number of aromatic amines is 1. The fourth-order valence-electron chi connectivity index (χ4n) is 4.89. The van der Waals surface area contributed by atoms with Gasteiger partial charge in [0.2, 0.25) is 0 Å². The number of carbonyl (C=O) groups is 2. The van der Waals surface area contributed by atoms with Gasteiger partial charge in [-0.25, -0.2) is 0 Å². The smallest absolute Gasteiger partial charge is 0.295 e. The van der Waals surface area contributed by atoms with Gasteiger partial charge in [-0.1, -0.05) is 41.4 Å². The molecule has 1 atom stereocenters. The summed E-state index contributed by atoms with van der Waals surface area (Å²) in [5.74, 6) is -0.697. The van der Waals surface area contributed by atoms with E-state index in [2.05, 4.69) is 4.98 Å². The molecular weight excluding hydrogens is 527 g/mol. The second-order valence-electron chi connectivity index (χ2n) is 8.83. The number of Topliss-reactive ketones (excluding diaryl/α,β-unsaturated/α-hetero) is 1. The maximum atomic E-state index is 13.4. The molecule has 0 aliphatic carbocycles. The number of methoxy groups -OCH3 is 2. The number of ketones is 1. The van der Waals surface area contributed by atoms with E-state index in [1.807, 2.05) is 24.4 Å². The average Bonchev–Trinajstić information content (AvgIpc) is 3.44. The average molecular weight is 551 g/mol. The molecule has 0 spiro atoms. The molecule has 5 rings (SSSR count). The highest BCUT2D eigenvalue weighted by atomic mass is 35.5. The standard InChI is InChI=1S/C29H24Cl2N2O5/c1-37-18-8-10-23-21(14-18)16(15-32-23)11-12-33-26(20-5-3-4-6-24(20)38-2)25(28(35)29(33)36)27(34)19-9-7-17(30)13-22(19)31/h3-10,13-15,26,32,34H,11-12H2,1-2H3/b27-25-. The van der Waals surface area contributed by atoms with E-state index < -0.39 is 17.7 Å². The Kier molecular flexibility index (Phi) is 7.06. The predicted molar refractivity (Wildman–Crippen MR) is 147 cm³/mol. The second kappa shape index (κ2) is 10.4. The summed E-state index contributed by atoms with van der Waals surface area (Å²) in [6.45, 7) is 0.211. The molecule has 1 aliphatic heterocycles. The summed E-state index contributed by atoms with van der Waals surface area (Å²) in [5, 5.41) is 12.8. The number of halogens is 2. The van der Waals surface area contributed by atoms with E-state index in [1.165, 1.54) is 24.1 Å². The number of nitrogens with one attached hydrogen (secondary N) is 1. The summed E-state index contributed by atoms with van der Waals surface area (Å²) in [6.07, 6.45) is 2.33. The first-order valence-corrected chi connectivity index (χ1v) is 12.6. The summed E-state index contributed by atoms with van der Waals surface area (Å²) in [7, 11) is 3.12. The highest BCUT2D eigenvalue weighted by Crippen LogP contribution is 2.43. The topological polar surface area (TPSA) is 91.9 Å². The zero-order valence-electron chi connectivity index (χ0n) is 20.6. The van der Waals surface area contributed by atoms with Crippen molar-refractivity contribution in [1.82, 2.24) is 9.88 Å². The van der Waals surface area contributed by atoms with E-state index >= 15 is 0 Å². The molecule has 1 unspecified atom stereocenters. The Morgan fingerprint density at radius 3 is 2.55 bits per heavy atom. The van der Waals surface area contributed by atoms with Crippen LogP contribution in [0.25, 0.3) is 16.7 Å². The number of aliphatic hydroxyl groups is 1. The quantitative estimate of drug-likeness (QED) is 0.163. The number of hydrogen-bond acceptors (Lipinski definition) is 5. The Morgan fingerprint density at radius 1 is 1.03 bits per heavy atom. The molecular formula is C29H24Cl2N2O5. The minimum Gasteiger partial charge on any atom is -0.507 e. The van der Waals surface area contributed by atoms with Crippen LogP contribution in [0, 0.1) is 0 Å². The van der Waals surface area contributed by atoms with Crippen LogP contribution in [0.2, 0.25) is 10.0 Å². The number of benzene rings is 3. The van der Waals surface area contributed by atoms with Crippen molar-refractivity contribution in [2.24, 2.45) is 0 Å². The van der Waals surface area contributed by atoms with E-state index in [0.717, 1.165) is 16.5 Å². The normalized spacial score (nSPS) is 16.8. The number of likely N-dealkylation sites (tertiary alicyclic amines) is 1. The number of nitrogens with zero attached hydrogens (tertiary/aromatic N) is 1. The van der Waals surface area contributed by atoms with Gasteiger partial charge in [0.15, 0.2) is 0 Å². The molecule has 0 radical (unpaired) electrons. The van der Waals surface area contributed by atoms with Crippen LogP contribution < -0.4 is 9.47 Å². The molecule has 0 bridgehead atoms. The largest absolute Gasteiger partial charge is 0.507 e. The van der Waals surface area contributed by atoms with Gasteiger partial charge in [0.1, 0.15) is 17.3 Å². The van der Waals surface area contributed by atoms with Crippen molar-refractivity contribution in [2.75, 3.05) is 20.8 Å². The molecule has 3 aromatic carbocycles. The van der Waals surface area contributed by atoms with Gasteiger partial charge in [-0.3, -0.25) is 9.59 Å². The van der Waals surface area contributed by atoms with Gasteiger partial charge < -0.3 is 24.5 Å². The Morgan fingerprint density at radius 2 is 1.82 bits per heavy atom. The van der Waals surface area contributed by atoms with Gasteiger partial charge in [0.05, 0.1) is 30.9 Å². The number of rotatable bonds is 7. The fraction of sp³-hybridized carbons (Fsp3) is 0.172. The number of aliphatic hydroxyl groups excluding tert-OH is 1. The van der Waals surface area contributed by atoms with Crippen LogP contribution in [0.4, 0.5) is 0 Å². The van der Waals surface area contributed by atoms with E-state index in [1.54, 1.807) is 37.4 Å². The highest BCUT2D eigenvalue weighted by Gasteiger charge is 2.47. The van der Waals surface area contributed by atoms with Gasteiger partial charge >= 0.3 is 0 Å². The van der Waals surface area contributed by atoms with Crippen LogP contribution in [0.1, 0.15) is 22.7 Å². The lowest BCUT2D eigenvalue weighted by atomic mass is 9.94. The Labute approximate surface area is 229 Å². The number of ether oxygens (including phenoxy) is 2. The molecule has 1 aromatic heterocycles. The third-order valence-corrected chi connectivity index (χ3v) is 7.30. The lowest BCUT2D eigenvalue weighted by Crippen LogP contribution is -2.31. The van der Waals surface area contributed by atoms with Gasteiger partial charge in [-0.15, -0.1) is 0 Å². The first kappa shape index (κ1) is 25.7. The van der Waals surface area contributed by atoms with Crippen molar-refractivity contribution < 1.29 is 24.2 Å². The van der Waals surface area contributed by atoms with Crippen molar-refractivity contribution in [3.63, 3.8) is 0 Å². The molecule has 9 heteroatoms. The van der Waals surface area contributed by atoms with Crippen LogP contribution in [0.3, 0.4) is 0 Å². The van der Waals surface area contributed by atoms with E-state index in [4.69, 9.17) is 32.7 Å². The monoisotopic (exact) mass is 550 g/mol. The number of fused-ring (bicyclic) bond motifs is 1. The Bertz CT molecular complexity index is 1590. The van der Waals surface area contributed by atoms with Crippen LogP contribution in [-0.2, 0) is 16.0 Å². The minimum atomic E-state index is -0.891. The maximum absolute atomic E-state index is 13.4. The third kappa shape index (κ3) is 4.48. The molecule has 1 saturated heterocycles. The maximum Gasteiger partial charge on any atom is 0.295 e. The summed E-state index contributed by atoms with van der Waals surface area (Å²) in [5.41, 5.74) is 2.60. The van der Waals surface area contributed by atoms with E-state index in [9.17, 15) is 14.7 Å². The lowest BCUT2D eigenvalue weighted by molar-refractivity contribution is -0.139. The number of amides is 1. The number of aromatic nitrogens is 1. The molecule has 4 aromatic rings. The van der Waals surface area contributed by atoms with Crippen molar-refractivity contribution in [3.8, 4) is 11.5 Å². The SMILES string of the molecule is COc1ccc2[nH]cc(CCN3C(=O)C(=O)/C(=C(\O)c4ccc(Cl)cc4Cl)C3c3ccccc3OC)c2c1. The predicted octanol–water partition coefficient (Wildman–Crippen LogP) is 6.16. The van der Waals surface area contributed by atoms with E-state index in [-0.39, 0.29) is 28.5 Å². The minimum absolute atomic E-state index is 0.0654. The Balaban J connectivity index is 1.60. The third-order valence-electron chi connectivity index (χ3n) is 6.76. The van der Waals surface area contributed by atoms with Crippen LogP contribution in [0.5, 0.6) is 11.5 Å². The van der Waals surface area contributed by atoms with Gasteiger partial charge in [-0.05, 0) is 54.4 Å². The molecule has 1 amide bonds. The molecule has 2 heterocycles. The zero-order chi connectivity index (χ0) is 27.0. The second-order valence-corrected chi connectivity index (χ2v) is 9.68. The van der Waals surface area contributed by atoms with E-state index in [0.29, 0.717) is 28.5 Å². The number of carbonyl (C=O) groups excluding carboxylic acids is 2.